The molecular weight excluding hydrogens is 392 g/mol. The highest BCUT2D eigenvalue weighted by molar-refractivity contribution is 5.69. The van der Waals surface area contributed by atoms with Crippen molar-refractivity contribution in [3.63, 3.8) is 0 Å². The van der Waals surface area contributed by atoms with Crippen molar-refractivity contribution >= 4 is 5.97 Å². The van der Waals surface area contributed by atoms with Crippen LogP contribution in [0.15, 0.2) is 12.1 Å². The van der Waals surface area contributed by atoms with Crippen molar-refractivity contribution in [1.82, 2.24) is 0 Å². The molecule has 0 spiro atoms. The third-order valence-electron chi connectivity index (χ3n) is 5.73. The Hall–Kier alpha value is -1.43. The Bertz CT molecular complexity index is 587. The SMILES string of the molecule is COC(CO)COCCCCCCCCCCCC(=O)OCc1c(C)cc(C)cc1C. The second-order valence-electron chi connectivity index (χ2n) is 8.59. The molecule has 1 aromatic carbocycles. The molecule has 0 aliphatic heterocycles. The Morgan fingerprint density at radius 1 is 0.903 bits per heavy atom. The summed E-state index contributed by atoms with van der Waals surface area (Å²) in [5.74, 6) is -0.0857. The highest BCUT2D eigenvalue weighted by Gasteiger charge is 2.08. The van der Waals surface area contributed by atoms with Gasteiger partial charge >= 0.3 is 5.97 Å². The highest BCUT2D eigenvalue weighted by Crippen LogP contribution is 2.18. The standard InChI is InChI=1S/C26H44O5/c1-21-16-22(2)25(23(3)17-21)20-31-26(28)14-12-10-8-6-5-7-9-11-13-15-30-19-24(18-27)29-4/h16-17,24,27H,5-15,18-20H2,1-4H3. The summed E-state index contributed by atoms with van der Waals surface area (Å²) in [5, 5.41) is 9.00. The lowest BCUT2D eigenvalue weighted by Gasteiger charge is -2.12. The smallest absolute Gasteiger partial charge is 0.306 e. The van der Waals surface area contributed by atoms with Crippen LogP contribution in [-0.4, -0.2) is 44.1 Å². The van der Waals surface area contributed by atoms with Crippen molar-refractivity contribution in [3.05, 3.63) is 34.4 Å². The predicted octanol–water partition coefficient (Wildman–Crippen LogP) is 5.58. The Labute approximate surface area is 189 Å². The number of unbranched alkanes of at least 4 members (excludes halogenated alkanes) is 8. The minimum atomic E-state index is -0.205. The van der Waals surface area contributed by atoms with Crippen molar-refractivity contribution in [2.75, 3.05) is 26.9 Å². The fraction of sp³-hybridized carbons (Fsp3) is 0.731. The molecule has 0 saturated heterocycles. The number of ether oxygens (including phenoxy) is 3. The number of hydrogen-bond donors (Lipinski definition) is 1. The van der Waals surface area contributed by atoms with Crippen LogP contribution in [0.3, 0.4) is 0 Å². The van der Waals surface area contributed by atoms with Gasteiger partial charge in [-0.15, -0.1) is 0 Å². The molecule has 1 N–H and O–H groups in total. The third kappa shape index (κ3) is 12.9. The predicted molar refractivity (Wildman–Crippen MR) is 125 cm³/mol. The average molecular weight is 437 g/mol. The number of aliphatic hydroxyl groups excluding tert-OH is 1. The van der Waals surface area contributed by atoms with Crippen molar-refractivity contribution in [1.29, 1.82) is 0 Å². The van der Waals surface area contributed by atoms with Crippen LogP contribution in [0.25, 0.3) is 0 Å². The Morgan fingerprint density at radius 2 is 1.45 bits per heavy atom. The van der Waals surface area contributed by atoms with E-state index in [9.17, 15) is 4.79 Å². The number of esters is 1. The molecule has 0 saturated carbocycles. The molecule has 0 aliphatic carbocycles. The number of rotatable bonds is 18. The van der Waals surface area contributed by atoms with Crippen LogP contribution in [0.2, 0.25) is 0 Å². The van der Waals surface area contributed by atoms with E-state index < -0.39 is 0 Å². The molecule has 5 heteroatoms. The number of aliphatic hydroxyl groups is 1. The fourth-order valence-corrected chi connectivity index (χ4v) is 3.78. The average Bonchev–Trinajstić information content (AvgIpc) is 2.73. The molecule has 0 aliphatic rings. The third-order valence-corrected chi connectivity index (χ3v) is 5.73. The number of aryl methyl sites for hydroxylation is 3. The van der Waals surface area contributed by atoms with E-state index in [0.29, 0.717) is 19.6 Å². The Morgan fingerprint density at radius 3 is 2.00 bits per heavy atom. The second kappa shape index (κ2) is 17.2. The summed E-state index contributed by atoms with van der Waals surface area (Å²) in [7, 11) is 1.59. The largest absolute Gasteiger partial charge is 0.461 e. The zero-order valence-corrected chi connectivity index (χ0v) is 20.2. The molecule has 0 heterocycles. The summed E-state index contributed by atoms with van der Waals surface area (Å²) in [5.41, 5.74) is 4.77. The summed E-state index contributed by atoms with van der Waals surface area (Å²) in [6, 6.07) is 4.28. The molecule has 1 unspecified atom stereocenters. The van der Waals surface area contributed by atoms with Crippen LogP contribution in [0.1, 0.15) is 86.5 Å². The molecule has 178 valence electrons. The molecule has 0 amide bonds. The van der Waals surface area contributed by atoms with Gasteiger partial charge in [0.15, 0.2) is 0 Å². The van der Waals surface area contributed by atoms with Crippen molar-refractivity contribution in [3.8, 4) is 0 Å². The summed E-state index contributed by atoms with van der Waals surface area (Å²) < 4.78 is 16.0. The van der Waals surface area contributed by atoms with E-state index in [0.717, 1.165) is 31.4 Å². The van der Waals surface area contributed by atoms with E-state index >= 15 is 0 Å². The molecule has 31 heavy (non-hydrogen) atoms. The van der Waals surface area contributed by atoms with E-state index in [1.54, 1.807) is 7.11 Å². The molecular formula is C26H44O5. The van der Waals surface area contributed by atoms with E-state index in [1.807, 2.05) is 0 Å². The number of methoxy groups -OCH3 is 1. The van der Waals surface area contributed by atoms with E-state index in [1.165, 1.54) is 55.2 Å². The van der Waals surface area contributed by atoms with Crippen molar-refractivity contribution in [2.45, 2.75) is 97.7 Å². The first-order valence-corrected chi connectivity index (χ1v) is 11.9. The molecule has 1 atom stereocenters. The Kier molecular flexibility index (Phi) is 15.3. The molecule has 0 fully saturated rings. The normalized spacial score (nSPS) is 12.2. The zero-order chi connectivity index (χ0) is 22.9. The lowest BCUT2D eigenvalue weighted by molar-refractivity contribution is -0.145. The van der Waals surface area contributed by atoms with Gasteiger partial charge in [0.05, 0.1) is 13.2 Å². The summed E-state index contributed by atoms with van der Waals surface area (Å²) >= 11 is 0. The molecule has 1 rings (SSSR count). The van der Waals surface area contributed by atoms with Crippen LogP contribution in [-0.2, 0) is 25.6 Å². The first-order chi connectivity index (χ1) is 15.0. The fourth-order valence-electron chi connectivity index (χ4n) is 3.78. The quantitative estimate of drug-likeness (QED) is 0.240. The Balaban J connectivity index is 1.92. The summed E-state index contributed by atoms with van der Waals surface area (Å²) in [4.78, 5) is 12.0. The van der Waals surface area contributed by atoms with E-state index in [2.05, 4.69) is 32.9 Å². The first kappa shape index (κ1) is 27.6. The number of benzene rings is 1. The van der Waals surface area contributed by atoms with Crippen LogP contribution in [0.4, 0.5) is 0 Å². The van der Waals surface area contributed by atoms with E-state index in [-0.39, 0.29) is 18.7 Å². The molecule has 5 nitrogen and oxygen atoms in total. The van der Waals surface area contributed by atoms with Crippen LogP contribution in [0.5, 0.6) is 0 Å². The van der Waals surface area contributed by atoms with Crippen LogP contribution < -0.4 is 0 Å². The lowest BCUT2D eigenvalue weighted by Crippen LogP contribution is -2.22. The molecule has 0 radical (unpaired) electrons. The van der Waals surface area contributed by atoms with Gasteiger partial charge in [-0.2, -0.15) is 0 Å². The molecule has 0 bridgehead atoms. The monoisotopic (exact) mass is 436 g/mol. The maximum Gasteiger partial charge on any atom is 0.306 e. The van der Waals surface area contributed by atoms with Gasteiger partial charge in [-0.3, -0.25) is 4.79 Å². The van der Waals surface area contributed by atoms with Gasteiger partial charge in [-0.1, -0.05) is 62.6 Å². The number of carbonyl (C=O) groups excluding carboxylic acids is 1. The summed E-state index contributed by atoms with van der Waals surface area (Å²) in [6.45, 7) is 7.83. The van der Waals surface area contributed by atoms with Crippen molar-refractivity contribution in [2.24, 2.45) is 0 Å². The highest BCUT2D eigenvalue weighted by atomic mass is 16.5. The van der Waals surface area contributed by atoms with Gasteiger partial charge < -0.3 is 19.3 Å². The number of carbonyl (C=O) groups is 1. The van der Waals surface area contributed by atoms with Gasteiger partial charge in [0.1, 0.15) is 12.7 Å². The van der Waals surface area contributed by atoms with Gasteiger partial charge in [0.25, 0.3) is 0 Å². The van der Waals surface area contributed by atoms with E-state index in [4.69, 9.17) is 19.3 Å². The molecule has 1 aromatic rings. The van der Waals surface area contributed by atoms with Gasteiger partial charge in [0.2, 0.25) is 0 Å². The summed E-state index contributed by atoms with van der Waals surface area (Å²) in [6.07, 6.45) is 10.7. The second-order valence-corrected chi connectivity index (χ2v) is 8.59. The van der Waals surface area contributed by atoms with Crippen molar-refractivity contribution < 1.29 is 24.1 Å². The lowest BCUT2D eigenvalue weighted by atomic mass is 10.0. The minimum absolute atomic E-state index is 0.00447. The maximum absolute atomic E-state index is 12.0. The minimum Gasteiger partial charge on any atom is -0.461 e. The van der Waals surface area contributed by atoms with Gasteiger partial charge in [0, 0.05) is 20.1 Å². The van der Waals surface area contributed by atoms with Gasteiger partial charge in [-0.05, 0) is 50.3 Å². The first-order valence-electron chi connectivity index (χ1n) is 11.9. The van der Waals surface area contributed by atoms with Gasteiger partial charge in [-0.25, -0.2) is 0 Å². The molecule has 0 aromatic heterocycles. The van der Waals surface area contributed by atoms with Crippen LogP contribution in [0, 0.1) is 20.8 Å². The number of hydrogen-bond acceptors (Lipinski definition) is 5. The zero-order valence-electron chi connectivity index (χ0n) is 20.2. The van der Waals surface area contributed by atoms with Crippen LogP contribution >= 0.6 is 0 Å². The maximum atomic E-state index is 12.0. The topological polar surface area (TPSA) is 65.0 Å².